The molecule has 0 saturated carbocycles. The second-order valence-electron chi connectivity index (χ2n) is 5.31. The van der Waals surface area contributed by atoms with Gasteiger partial charge in [0.15, 0.2) is 6.10 Å². The van der Waals surface area contributed by atoms with E-state index in [-0.39, 0.29) is 5.91 Å². The number of rotatable bonds is 5. The number of amides is 1. The topological polar surface area (TPSA) is 62.1 Å². The number of hydrogen-bond acceptors (Lipinski definition) is 3. The van der Waals surface area contributed by atoms with E-state index < -0.39 is 11.6 Å². The minimum atomic E-state index is -1.12. The summed E-state index contributed by atoms with van der Waals surface area (Å²) in [4.78, 5) is 12.4. The van der Waals surface area contributed by atoms with Gasteiger partial charge < -0.3 is 10.1 Å². The van der Waals surface area contributed by atoms with Gasteiger partial charge in [0.05, 0.1) is 6.07 Å². The molecule has 5 heteroatoms. The SMILES string of the molecule is CC(Oc1ccccc1)C(=O)NC(C)(C#N)c1ccc(Br)cc1. The maximum Gasteiger partial charge on any atom is 0.262 e. The van der Waals surface area contributed by atoms with Crippen molar-refractivity contribution in [3.63, 3.8) is 0 Å². The van der Waals surface area contributed by atoms with E-state index in [1.54, 1.807) is 38.1 Å². The fourth-order valence-corrected chi connectivity index (χ4v) is 2.32. The lowest BCUT2D eigenvalue weighted by Crippen LogP contribution is -2.47. The van der Waals surface area contributed by atoms with Gasteiger partial charge in [-0.2, -0.15) is 5.26 Å². The summed E-state index contributed by atoms with van der Waals surface area (Å²) in [6.07, 6.45) is -0.708. The predicted octanol–water partition coefficient (Wildman–Crippen LogP) is 3.77. The van der Waals surface area contributed by atoms with Crippen LogP contribution >= 0.6 is 15.9 Å². The van der Waals surface area contributed by atoms with Crippen molar-refractivity contribution in [1.82, 2.24) is 5.32 Å². The summed E-state index contributed by atoms with van der Waals surface area (Å²) in [5.41, 5.74) is -0.407. The molecule has 2 unspecified atom stereocenters. The van der Waals surface area contributed by atoms with Crippen molar-refractivity contribution in [3.8, 4) is 11.8 Å². The zero-order valence-corrected chi connectivity index (χ0v) is 14.5. The van der Waals surface area contributed by atoms with Crippen LogP contribution in [-0.4, -0.2) is 12.0 Å². The molecule has 0 aliphatic carbocycles. The Morgan fingerprint density at radius 2 is 1.83 bits per heavy atom. The Hall–Kier alpha value is -2.32. The van der Waals surface area contributed by atoms with Gasteiger partial charge in [-0.3, -0.25) is 4.79 Å². The number of benzene rings is 2. The highest BCUT2D eigenvalue weighted by Gasteiger charge is 2.30. The molecule has 1 N–H and O–H groups in total. The van der Waals surface area contributed by atoms with Crippen molar-refractivity contribution in [2.24, 2.45) is 0 Å². The number of nitriles is 1. The number of para-hydroxylation sites is 1. The molecule has 2 rings (SSSR count). The maximum atomic E-state index is 12.4. The highest BCUT2D eigenvalue weighted by atomic mass is 79.9. The summed E-state index contributed by atoms with van der Waals surface area (Å²) in [6, 6.07) is 18.5. The van der Waals surface area contributed by atoms with Gasteiger partial charge in [0, 0.05) is 4.47 Å². The minimum absolute atomic E-state index is 0.346. The van der Waals surface area contributed by atoms with Gasteiger partial charge in [-0.25, -0.2) is 0 Å². The first-order chi connectivity index (χ1) is 10.9. The third-order valence-corrected chi connectivity index (χ3v) is 3.97. The smallest absolute Gasteiger partial charge is 0.262 e. The lowest BCUT2D eigenvalue weighted by molar-refractivity contribution is -0.128. The fourth-order valence-electron chi connectivity index (χ4n) is 2.05. The fraction of sp³-hybridized carbons (Fsp3) is 0.222. The molecule has 4 nitrogen and oxygen atoms in total. The molecule has 2 aromatic carbocycles. The molecule has 1 amide bonds. The number of nitrogens with one attached hydrogen (secondary N) is 1. The van der Waals surface area contributed by atoms with Gasteiger partial charge in [0.1, 0.15) is 11.3 Å². The van der Waals surface area contributed by atoms with Gasteiger partial charge in [-0.15, -0.1) is 0 Å². The zero-order chi connectivity index (χ0) is 16.9. The Morgan fingerprint density at radius 1 is 1.22 bits per heavy atom. The molecule has 0 aliphatic rings. The lowest BCUT2D eigenvalue weighted by Gasteiger charge is -2.26. The van der Waals surface area contributed by atoms with Gasteiger partial charge in [-0.05, 0) is 43.7 Å². The van der Waals surface area contributed by atoms with Crippen LogP contribution in [0.25, 0.3) is 0 Å². The van der Waals surface area contributed by atoms with Gasteiger partial charge in [0.2, 0.25) is 0 Å². The first-order valence-electron chi connectivity index (χ1n) is 7.15. The van der Waals surface area contributed by atoms with E-state index in [0.29, 0.717) is 11.3 Å². The maximum absolute atomic E-state index is 12.4. The first kappa shape index (κ1) is 17.0. The van der Waals surface area contributed by atoms with Crippen LogP contribution in [0.3, 0.4) is 0 Å². The number of carbonyl (C=O) groups is 1. The first-order valence-corrected chi connectivity index (χ1v) is 7.95. The average Bonchev–Trinajstić information content (AvgIpc) is 2.56. The monoisotopic (exact) mass is 372 g/mol. The van der Waals surface area contributed by atoms with E-state index in [4.69, 9.17) is 4.74 Å². The van der Waals surface area contributed by atoms with Crippen LogP contribution < -0.4 is 10.1 Å². The quantitative estimate of drug-likeness (QED) is 0.868. The number of carbonyl (C=O) groups excluding carboxylic acids is 1. The molecular formula is C18H17BrN2O2. The Morgan fingerprint density at radius 3 is 2.39 bits per heavy atom. The summed E-state index contributed by atoms with van der Waals surface area (Å²) in [5.74, 6) is 0.262. The van der Waals surface area contributed by atoms with Crippen LogP contribution in [0, 0.1) is 11.3 Å². The van der Waals surface area contributed by atoms with Crippen LogP contribution in [0.4, 0.5) is 0 Å². The van der Waals surface area contributed by atoms with Gasteiger partial charge in [0.25, 0.3) is 5.91 Å². The van der Waals surface area contributed by atoms with Crippen LogP contribution in [0.5, 0.6) is 5.75 Å². The highest BCUT2D eigenvalue weighted by Crippen LogP contribution is 2.22. The molecule has 0 aliphatic heterocycles. The van der Waals surface area contributed by atoms with E-state index in [9.17, 15) is 10.1 Å². The standard InChI is InChI=1S/C18H17BrN2O2/c1-13(23-16-6-4-3-5-7-16)17(22)21-18(2,12-20)14-8-10-15(19)11-9-14/h3-11,13H,1-2H3,(H,21,22). The second-order valence-corrected chi connectivity index (χ2v) is 6.22. The summed E-state index contributed by atoms with van der Waals surface area (Å²) in [5, 5.41) is 12.3. The molecule has 2 aromatic rings. The average molecular weight is 373 g/mol. The van der Waals surface area contributed by atoms with Crippen molar-refractivity contribution in [3.05, 3.63) is 64.6 Å². The predicted molar refractivity (Wildman–Crippen MR) is 91.8 cm³/mol. The zero-order valence-electron chi connectivity index (χ0n) is 12.9. The van der Waals surface area contributed by atoms with E-state index in [1.807, 2.05) is 30.3 Å². The second kappa shape index (κ2) is 7.30. The summed E-state index contributed by atoms with van der Waals surface area (Å²) < 4.78 is 6.50. The molecule has 0 spiro atoms. The molecule has 23 heavy (non-hydrogen) atoms. The van der Waals surface area contributed by atoms with Crippen LogP contribution in [0.1, 0.15) is 19.4 Å². The van der Waals surface area contributed by atoms with E-state index in [2.05, 4.69) is 27.3 Å². The Bertz CT molecular complexity index is 710. The van der Waals surface area contributed by atoms with Crippen LogP contribution in [0.2, 0.25) is 0 Å². The minimum Gasteiger partial charge on any atom is -0.481 e. The van der Waals surface area contributed by atoms with Crippen LogP contribution in [-0.2, 0) is 10.3 Å². The van der Waals surface area contributed by atoms with Crippen LogP contribution in [0.15, 0.2) is 59.1 Å². The van der Waals surface area contributed by atoms with Gasteiger partial charge >= 0.3 is 0 Å². The molecule has 0 radical (unpaired) electrons. The van der Waals surface area contributed by atoms with Crippen molar-refractivity contribution >= 4 is 21.8 Å². The number of hydrogen-bond donors (Lipinski definition) is 1. The van der Waals surface area contributed by atoms with Crippen molar-refractivity contribution in [2.45, 2.75) is 25.5 Å². The molecule has 118 valence electrons. The molecular weight excluding hydrogens is 356 g/mol. The van der Waals surface area contributed by atoms with E-state index >= 15 is 0 Å². The van der Waals surface area contributed by atoms with Gasteiger partial charge in [-0.1, -0.05) is 46.3 Å². The summed E-state index contributed by atoms with van der Waals surface area (Å²) in [7, 11) is 0. The van der Waals surface area contributed by atoms with Crippen molar-refractivity contribution < 1.29 is 9.53 Å². The van der Waals surface area contributed by atoms with Crippen molar-refractivity contribution in [2.75, 3.05) is 0 Å². The number of halogens is 1. The van der Waals surface area contributed by atoms with E-state index in [1.165, 1.54) is 0 Å². The third kappa shape index (κ3) is 4.33. The normalized spacial score (nSPS) is 14.2. The Labute approximate surface area is 144 Å². The number of nitrogens with zero attached hydrogens (tertiary/aromatic N) is 1. The Kier molecular flexibility index (Phi) is 5.41. The molecule has 0 fully saturated rings. The number of ether oxygens (including phenoxy) is 1. The molecule has 0 aromatic heterocycles. The highest BCUT2D eigenvalue weighted by molar-refractivity contribution is 9.10. The molecule has 2 atom stereocenters. The third-order valence-electron chi connectivity index (χ3n) is 3.44. The molecule has 0 saturated heterocycles. The lowest BCUT2D eigenvalue weighted by atomic mass is 9.93. The van der Waals surface area contributed by atoms with Crippen molar-refractivity contribution in [1.29, 1.82) is 5.26 Å². The summed E-state index contributed by atoms with van der Waals surface area (Å²) >= 11 is 3.35. The largest absolute Gasteiger partial charge is 0.481 e. The Balaban J connectivity index is 2.10. The molecule has 0 bridgehead atoms. The molecule has 0 heterocycles. The summed E-state index contributed by atoms with van der Waals surface area (Å²) in [6.45, 7) is 3.32. The van der Waals surface area contributed by atoms with E-state index in [0.717, 1.165) is 4.47 Å².